The van der Waals surface area contributed by atoms with Crippen molar-refractivity contribution in [3.8, 4) is 0 Å². The molecule has 1 N–H and O–H groups in total. The molecule has 1 amide bonds. The van der Waals surface area contributed by atoms with Crippen LogP contribution in [0.4, 0.5) is 4.79 Å². The molecule has 2 aromatic rings. The Labute approximate surface area is 127 Å². The van der Waals surface area contributed by atoms with Gasteiger partial charge >= 0.3 is 6.09 Å². The van der Waals surface area contributed by atoms with Crippen LogP contribution in [0.2, 0.25) is 0 Å². The summed E-state index contributed by atoms with van der Waals surface area (Å²) in [6.07, 6.45) is -0.367. The van der Waals surface area contributed by atoms with Crippen LogP contribution in [-0.2, 0) is 10.3 Å². The van der Waals surface area contributed by atoms with E-state index in [-0.39, 0.29) is 19.2 Å². The molecule has 4 nitrogen and oxygen atoms in total. The molecular formula is C16H19NO3S. The SMILES string of the molecule is CC(C)(C)OC(=O)N1CC(O)(c2cc3ccccc3s2)C1. The number of ether oxygens (including phenoxy) is 1. The van der Waals surface area contributed by atoms with Crippen LogP contribution in [0.3, 0.4) is 0 Å². The number of rotatable bonds is 1. The Bertz CT molecular complexity index is 647. The van der Waals surface area contributed by atoms with Crippen LogP contribution < -0.4 is 0 Å². The lowest BCUT2D eigenvalue weighted by atomic mass is 9.92. The van der Waals surface area contributed by atoms with Crippen molar-refractivity contribution < 1.29 is 14.6 Å². The van der Waals surface area contributed by atoms with Crippen LogP contribution in [0, 0.1) is 0 Å². The number of fused-ring (bicyclic) bond motifs is 1. The van der Waals surface area contributed by atoms with Gasteiger partial charge in [-0.15, -0.1) is 11.3 Å². The van der Waals surface area contributed by atoms with Gasteiger partial charge in [0.1, 0.15) is 11.2 Å². The molecule has 0 unspecified atom stereocenters. The van der Waals surface area contributed by atoms with Crippen molar-refractivity contribution in [1.82, 2.24) is 4.90 Å². The monoisotopic (exact) mass is 305 g/mol. The molecular weight excluding hydrogens is 286 g/mol. The molecule has 0 spiro atoms. The number of likely N-dealkylation sites (tertiary alicyclic amines) is 1. The van der Waals surface area contributed by atoms with Crippen molar-refractivity contribution >= 4 is 27.5 Å². The Kier molecular flexibility index (Phi) is 3.22. The van der Waals surface area contributed by atoms with Crippen LogP contribution in [0.15, 0.2) is 30.3 Å². The number of carbonyl (C=O) groups is 1. The van der Waals surface area contributed by atoms with E-state index in [1.165, 1.54) is 4.90 Å². The van der Waals surface area contributed by atoms with E-state index in [9.17, 15) is 9.90 Å². The molecule has 5 heteroatoms. The molecule has 0 atom stereocenters. The zero-order chi connectivity index (χ0) is 15.3. The summed E-state index contributed by atoms with van der Waals surface area (Å²) >= 11 is 1.58. The summed E-state index contributed by atoms with van der Waals surface area (Å²) < 4.78 is 6.46. The quantitative estimate of drug-likeness (QED) is 0.879. The number of hydrogen-bond donors (Lipinski definition) is 1. The Morgan fingerprint density at radius 2 is 2.00 bits per heavy atom. The van der Waals surface area contributed by atoms with Gasteiger partial charge in [-0.3, -0.25) is 0 Å². The smallest absolute Gasteiger partial charge is 0.410 e. The standard InChI is InChI=1S/C16H19NO3S/c1-15(2,3)20-14(18)17-9-16(19,10-17)13-8-11-6-4-5-7-12(11)21-13/h4-8,19H,9-10H2,1-3H3. The summed E-state index contributed by atoms with van der Waals surface area (Å²) in [4.78, 5) is 14.4. The summed E-state index contributed by atoms with van der Waals surface area (Å²) in [5, 5.41) is 11.8. The van der Waals surface area contributed by atoms with E-state index in [4.69, 9.17) is 4.74 Å². The van der Waals surface area contributed by atoms with Crippen molar-refractivity contribution in [3.63, 3.8) is 0 Å². The third-order valence-electron chi connectivity index (χ3n) is 3.44. The van der Waals surface area contributed by atoms with Crippen molar-refractivity contribution in [1.29, 1.82) is 0 Å². The average Bonchev–Trinajstić information content (AvgIpc) is 2.76. The summed E-state index contributed by atoms with van der Waals surface area (Å²) in [6, 6.07) is 10.0. The largest absolute Gasteiger partial charge is 0.444 e. The molecule has 2 heterocycles. The number of amides is 1. The summed E-state index contributed by atoms with van der Waals surface area (Å²) in [6.45, 7) is 6.08. The van der Waals surface area contributed by atoms with Gasteiger partial charge in [-0.25, -0.2) is 4.79 Å². The molecule has 1 aliphatic heterocycles. The van der Waals surface area contributed by atoms with Crippen LogP contribution in [-0.4, -0.2) is 34.8 Å². The topological polar surface area (TPSA) is 49.8 Å². The highest BCUT2D eigenvalue weighted by atomic mass is 32.1. The van der Waals surface area contributed by atoms with E-state index in [1.807, 2.05) is 51.1 Å². The zero-order valence-electron chi connectivity index (χ0n) is 12.4. The van der Waals surface area contributed by atoms with Gasteiger partial charge in [0.2, 0.25) is 0 Å². The number of thiophene rings is 1. The number of nitrogens with zero attached hydrogens (tertiary/aromatic N) is 1. The molecule has 1 aromatic heterocycles. The summed E-state index contributed by atoms with van der Waals surface area (Å²) in [7, 11) is 0. The first-order chi connectivity index (χ1) is 9.77. The average molecular weight is 305 g/mol. The molecule has 0 bridgehead atoms. The normalized spacial score (nSPS) is 17.6. The first-order valence-corrected chi connectivity index (χ1v) is 7.78. The second kappa shape index (κ2) is 4.71. The fourth-order valence-corrected chi connectivity index (χ4v) is 3.54. The van der Waals surface area contributed by atoms with Gasteiger partial charge in [0, 0.05) is 9.58 Å². The van der Waals surface area contributed by atoms with Gasteiger partial charge in [0.15, 0.2) is 0 Å². The third kappa shape index (κ3) is 2.76. The highest BCUT2D eigenvalue weighted by Crippen LogP contribution is 2.39. The van der Waals surface area contributed by atoms with Crippen molar-refractivity contribution in [2.75, 3.05) is 13.1 Å². The van der Waals surface area contributed by atoms with Gasteiger partial charge in [0.25, 0.3) is 0 Å². The summed E-state index contributed by atoms with van der Waals surface area (Å²) in [5.41, 5.74) is -1.46. The molecule has 0 radical (unpaired) electrons. The minimum atomic E-state index is -0.944. The lowest BCUT2D eigenvalue weighted by molar-refractivity contribution is -0.101. The molecule has 0 aliphatic carbocycles. The Hall–Kier alpha value is -1.59. The molecule has 1 aromatic carbocycles. The molecule has 21 heavy (non-hydrogen) atoms. The van der Waals surface area contributed by atoms with E-state index < -0.39 is 11.2 Å². The first-order valence-electron chi connectivity index (χ1n) is 6.96. The summed E-state index contributed by atoms with van der Waals surface area (Å²) in [5.74, 6) is 0. The lowest BCUT2D eigenvalue weighted by Gasteiger charge is -2.45. The fraction of sp³-hybridized carbons (Fsp3) is 0.438. The van der Waals surface area contributed by atoms with E-state index in [0.717, 1.165) is 15.0 Å². The van der Waals surface area contributed by atoms with Gasteiger partial charge in [-0.05, 0) is 38.3 Å². The van der Waals surface area contributed by atoms with Gasteiger partial charge in [0.05, 0.1) is 13.1 Å². The first kappa shape index (κ1) is 14.4. The Balaban J connectivity index is 1.72. The Morgan fingerprint density at radius 3 is 2.62 bits per heavy atom. The lowest BCUT2D eigenvalue weighted by Crippen LogP contribution is -2.61. The maximum Gasteiger partial charge on any atom is 0.410 e. The predicted molar refractivity (Wildman–Crippen MR) is 83.5 cm³/mol. The number of aliphatic hydroxyl groups is 1. The molecule has 1 fully saturated rings. The van der Waals surface area contributed by atoms with Gasteiger partial charge in [-0.1, -0.05) is 18.2 Å². The van der Waals surface area contributed by atoms with E-state index in [2.05, 4.69) is 0 Å². The van der Waals surface area contributed by atoms with Crippen LogP contribution in [0.1, 0.15) is 25.6 Å². The fourth-order valence-electron chi connectivity index (χ4n) is 2.41. The van der Waals surface area contributed by atoms with Crippen molar-refractivity contribution in [2.24, 2.45) is 0 Å². The third-order valence-corrected chi connectivity index (χ3v) is 4.75. The molecule has 0 saturated carbocycles. The van der Waals surface area contributed by atoms with Crippen LogP contribution in [0.5, 0.6) is 0 Å². The number of carbonyl (C=O) groups excluding carboxylic acids is 1. The second-order valence-corrected chi connectivity index (χ2v) is 7.60. The van der Waals surface area contributed by atoms with Crippen molar-refractivity contribution in [3.05, 3.63) is 35.2 Å². The maximum absolute atomic E-state index is 11.9. The Morgan fingerprint density at radius 1 is 1.33 bits per heavy atom. The maximum atomic E-state index is 11.9. The molecule has 1 saturated heterocycles. The van der Waals surface area contributed by atoms with E-state index in [0.29, 0.717) is 0 Å². The van der Waals surface area contributed by atoms with Crippen LogP contribution in [0.25, 0.3) is 10.1 Å². The number of benzene rings is 1. The van der Waals surface area contributed by atoms with E-state index >= 15 is 0 Å². The highest BCUT2D eigenvalue weighted by molar-refractivity contribution is 7.19. The number of hydrogen-bond acceptors (Lipinski definition) is 4. The molecule has 112 valence electrons. The highest BCUT2D eigenvalue weighted by Gasteiger charge is 2.47. The minimum Gasteiger partial charge on any atom is -0.444 e. The zero-order valence-corrected chi connectivity index (χ0v) is 13.2. The van der Waals surface area contributed by atoms with E-state index in [1.54, 1.807) is 11.3 Å². The van der Waals surface area contributed by atoms with Gasteiger partial charge < -0.3 is 14.7 Å². The second-order valence-electron chi connectivity index (χ2n) is 6.52. The molecule has 3 rings (SSSR count). The predicted octanol–water partition coefficient (Wildman–Crippen LogP) is 3.34. The van der Waals surface area contributed by atoms with Gasteiger partial charge in [-0.2, -0.15) is 0 Å². The number of β-amino-alcohol motifs (C(OH)–C–C–N with tert-alkyl or cyclic N) is 1. The van der Waals surface area contributed by atoms with Crippen LogP contribution >= 0.6 is 11.3 Å². The minimum absolute atomic E-state index is 0.286. The van der Waals surface area contributed by atoms with Crippen molar-refractivity contribution in [2.45, 2.75) is 32.0 Å². The molecule has 1 aliphatic rings.